The number of hydrogen-bond donors (Lipinski definition) is 1. The van der Waals surface area contributed by atoms with E-state index in [0.29, 0.717) is 5.92 Å². The van der Waals surface area contributed by atoms with Gasteiger partial charge in [0, 0.05) is 0 Å². The van der Waals surface area contributed by atoms with Crippen LogP contribution >= 0.6 is 0 Å². The van der Waals surface area contributed by atoms with Gasteiger partial charge in [0.2, 0.25) is 0 Å². The van der Waals surface area contributed by atoms with Gasteiger partial charge in [-0.2, -0.15) is 0 Å². The van der Waals surface area contributed by atoms with Crippen molar-refractivity contribution in [2.24, 2.45) is 23.7 Å². The average Bonchev–Trinajstić information content (AvgIpc) is 2.47. The van der Waals surface area contributed by atoms with Crippen molar-refractivity contribution < 1.29 is 5.11 Å². The molecule has 3 rings (SSSR count). The van der Waals surface area contributed by atoms with Crippen LogP contribution in [0.3, 0.4) is 0 Å². The normalized spacial score (nSPS) is 54.7. The third kappa shape index (κ3) is 1.16. The van der Waals surface area contributed by atoms with Crippen molar-refractivity contribution in [1.82, 2.24) is 0 Å². The van der Waals surface area contributed by atoms with E-state index in [1.807, 2.05) is 0 Å². The van der Waals surface area contributed by atoms with Crippen LogP contribution in [-0.2, 0) is 0 Å². The Kier molecular flexibility index (Phi) is 1.90. The van der Waals surface area contributed by atoms with Crippen molar-refractivity contribution in [2.45, 2.75) is 51.0 Å². The highest BCUT2D eigenvalue weighted by Crippen LogP contribution is 2.54. The quantitative estimate of drug-likeness (QED) is 0.607. The summed E-state index contributed by atoms with van der Waals surface area (Å²) >= 11 is 0. The molecule has 1 nitrogen and oxygen atoms in total. The molecule has 1 N–H and O–H groups in total. The van der Waals surface area contributed by atoms with Crippen LogP contribution in [0.4, 0.5) is 0 Å². The summed E-state index contributed by atoms with van der Waals surface area (Å²) < 4.78 is 0. The monoisotopic (exact) mass is 180 g/mol. The van der Waals surface area contributed by atoms with Gasteiger partial charge in [0.1, 0.15) is 0 Å². The van der Waals surface area contributed by atoms with Crippen LogP contribution in [0.1, 0.15) is 44.9 Å². The molecule has 3 aliphatic carbocycles. The maximum atomic E-state index is 9.97. The van der Waals surface area contributed by atoms with Crippen molar-refractivity contribution in [3.05, 3.63) is 0 Å². The molecule has 0 aromatic heterocycles. The van der Waals surface area contributed by atoms with Crippen LogP contribution in [0.25, 0.3) is 0 Å². The Bertz CT molecular complexity index is 193. The Morgan fingerprint density at radius 1 is 0.846 bits per heavy atom. The minimum atomic E-state index is 0.0656. The van der Waals surface area contributed by atoms with Gasteiger partial charge in [-0.25, -0.2) is 0 Å². The molecule has 0 radical (unpaired) electrons. The van der Waals surface area contributed by atoms with E-state index in [4.69, 9.17) is 0 Å². The topological polar surface area (TPSA) is 20.2 Å². The van der Waals surface area contributed by atoms with E-state index < -0.39 is 0 Å². The molecule has 0 aliphatic heterocycles. The second-order valence-corrected chi connectivity index (χ2v) is 5.43. The molecule has 13 heavy (non-hydrogen) atoms. The van der Waals surface area contributed by atoms with E-state index in [1.54, 1.807) is 0 Å². The highest BCUT2D eigenvalue weighted by Gasteiger charge is 2.48. The van der Waals surface area contributed by atoms with Gasteiger partial charge < -0.3 is 5.11 Å². The third-order valence-electron chi connectivity index (χ3n) is 4.88. The molecule has 5 unspecified atom stereocenters. The molecule has 5 atom stereocenters. The van der Waals surface area contributed by atoms with Crippen LogP contribution in [0.15, 0.2) is 0 Å². The van der Waals surface area contributed by atoms with Gasteiger partial charge in [-0.15, -0.1) is 0 Å². The molecular weight excluding hydrogens is 160 g/mol. The fourth-order valence-electron chi connectivity index (χ4n) is 4.47. The van der Waals surface area contributed by atoms with Gasteiger partial charge in [-0.1, -0.05) is 32.1 Å². The highest BCUT2D eigenvalue weighted by atomic mass is 16.3. The summed E-state index contributed by atoms with van der Waals surface area (Å²) in [5.41, 5.74) is 0. The predicted octanol–water partition coefficient (Wildman–Crippen LogP) is 2.58. The SMILES string of the molecule is OC1CC2CCCC3CCCC1C32. The molecule has 0 aromatic rings. The van der Waals surface area contributed by atoms with Gasteiger partial charge in [0.05, 0.1) is 6.10 Å². The first-order valence-corrected chi connectivity index (χ1v) is 6.04. The Labute approximate surface area is 80.5 Å². The van der Waals surface area contributed by atoms with Gasteiger partial charge in [-0.05, 0) is 36.5 Å². The molecule has 74 valence electrons. The van der Waals surface area contributed by atoms with Crippen molar-refractivity contribution in [3.63, 3.8) is 0 Å². The summed E-state index contributed by atoms with van der Waals surface area (Å²) in [6.45, 7) is 0. The molecule has 0 saturated heterocycles. The lowest BCUT2D eigenvalue weighted by Gasteiger charge is -2.41. The molecule has 0 spiro atoms. The summed E-state index contributed by atoms with van der Waals surface area (Å²) in [7, 11) is 0. The van der Waals surface area contributed by atoms with E-state index in [9.17, 15) is 5.11 Å². The number of rotatable bonds is 0. The molecule has 0 aromatic carbocycles. The van der Waals surface area contributed by atoms with Gasteiger partial charge in [0.15, 0.2) is 0 Å². The zero-order valence-corrected chi connectivity index (χ0v) is 8.28. The molecule has 1 heteroatoms. The zero-order valence-electron chi connectivity index (χ0n) is 8.28. The second kappa shape index (κ2) is 2.98. The van der Waals surface area contributed by atoms with E-state index in [2.05, 4.69) is 0 Å². The summed E-state index contributed by atoms with van der Waals surface area (Å²) in [4.78, 5) is 0. The van der Waals surface area contributed by atoms with Crippen LogP contribution < -0.4 is 0 Å². The van der Waals surface area contributed by atoms with Crippen molar-refractivity contribution in [3.8, 4) is 0 Å². The van der Waals surface area contributed by atoms with E-state index in [0.717, 1.165) is 24.2 Å². The number of aliphatic hydroxyl groups excluding tert-OH is 1. The summed E-state index contributed by atoms with van der Waals surface area (Å²) in [5, 5.41) is 9.97. The van der Waals surface area contributed by atoms with E-state index >= 15 is 0 Å². The maximum Gasteiger partial charge on any atom is 0.0574 e. The number of hydrogen-bond acceptors (Lipinski definition) is 1. The number of aliphatic hydroxyl groups is 1. The Balaban J connectivity index is 1.87. The highest BCUT2D eigenvalue weighted by molar-refractivity contribution is 4.98. The molecule has 3 saturated carbocycles. The lowest BCUT2D eigenvalue weighted by atomic mass is 9.65. The first-order chi connectivity index (χ1) is 6.36. The van der Waals surface area contributed by atoms with Crippen LogP contribution in [0.2, 0.25) is 0 Å². The lowest BCUT2D eigenvalue weighted by Crippen LogP contribution is -2.33. The molecule has 3 aliphatic rings. The van der Waals surface area contributed by atoms with Crippen molar-refractivity contribution >= 4 is 0 Å². The largest absolute Gasteiger partial charge is 0.393 e. The molecule has 0 bridgehead atoms. The minimum absolute atomic E-state index is 0.0656. The Morgan fingerprint density at radius 2 is 1.54 bits per heavy atom. The third-order valence-corrected chi connectivity index (χ3v) is 4.88. The first-order valence-electron chi connectivity index (χ1n) is 6.04. The summed E-state index contributed by atoms with van der Waals surface area (Å²) in [6.07, 6.45) is 9.67. The van der Waals surface area contributed by atoms with Crippen LogP contribution in [0, 0.1) is 23.7 Å². The smallest absolute Gasteiger partial charge is 0.0574 e. The Morgan fingerprint density at radius 3 is 2.38 bits per heavy atom. The summed E-state index contributed by atoms with van der Waals surface area (Å²) in [6, 6.07) is 0. The predicted molar refractivity (Wildman–Crippen MR) is 52.3 cm³/mol. The van der Waals surface area contributed by atoms with Crippen molar-refractivity contribution in [2.75, 3.05) is 0 Å². The zero-order chi connectivity index (χ0) is 8.84. The van der Waals surface area contributed by atoms with Gasteiger partial charge in [0.25, 0.3) is 0 Å². The second-order valence-electron chi connectivity index (χ2n) is 5.43. The first kappa shape index (κ1) is 8.28. The molecular formula is C12H20O. The van der Waals surface area contributed by atoms with Crippen molar-refractivity contribution in [1.29, 1.82) is 0 Å². The van der Waals surface area contributed by atoms with E-state index in [1.165, 1.54) is 38.5 Å². The minimum Gasteiger partial charge on any atom is -0.393 e. The van der Waals surface area contributed by atoms with Gasteiger partial charge >= 0.3 is 0 Å². The Hall–Kier alpha value is -0.0400. The van der Waals surface area contributed by atoms with Gasteiger partial charge in [-0.3, -0.25) is 0 Å². The fraction of sp³-hybridized carbons (Fsp3) is 1.00. The molecule has 0 amide bonds. The van der Waals surface area contributed by atoms with Crippen LogP contribution in [0.5, 0.6) is 0 Å². The standard InChI is InChI=1S/C12H20O/c13-11-7-9-5-1-3-8-4-2-6-10(11)12(8)9/h8-13H,1-7H2. The molecule has 0 heterocycles. The van der Waals surface area contributed by atoms with E-state index in [-0.39, 0.29) is 6.10 Å². The molecule has 3 fully saturated rings. The maximum absolute atomic E-state index is 9.97. The van der Waals surface area contributed by atoms with Crippen LogP contribution in [-0.4, -0.2) is 11.2 Å². The average molecular weight is 180 g/mol. The fourth-order valence-corrected chi connectivity index (χ4v) is 4.47. The lowest BCUT2D eigenvalue weighted by molar-refractivity contribution is 0.0518. The summed E-state index contributed by atoms with van der Waals surface area (Å²) in [5.74, 6) is 3.52.